The highest BCUT2D eigenvalue weighted by Gasteiger charge is 2.20. The largest absolute Gasteiger partial charge is 0.370 e. The molecule has 7 heteroatoms. The summed E-state index contributed by atoms with van der Waals surface area (Å²) < 4.78 is 26.6. The Morgan fingerprint density at radius 3 is 2.42 bits per heavy atom. The van der Waals surface area contributed by atoms with Crippen LogP contribution in [-0.2, 0) is 0 Å². The number of hydrogen-bond donors (Lipinski definition) is 1. The van der Waals surface area contributed by atoms with E-state index in [0.29, 0.717) is 10.7 Å². The van der Waals surface area contributed by atoms with Crippen molar-refractivity contribution in [3.63, 3.8) is 0 Å². The zero-order valence-corrected chi connectivity index (χ0v) is 14.1. The molecule has 1 heterocycles. The van der Waals surface area contributed by atoms with Gasteiger partial charge in [0.1, 0.15) is 0 Å². The van der Waals surface area contributed by atoms with Crippen molar-refractivity contribution in [3.05, 3.63) is 57.6 Å². The quantitative estimate of drug-likeness (QED) is 0.760. The van der Waals surface area contributed by atoms with E-state index in [9.17, 15) is 13.6 Å². The molecule has 0 saturated carbocycles. The predicted molar refractivity (Wildman–Crippen MR) is 92.2 cm³/mol. The predicted octanol–water partition coefficient (Wildman–Crippen LogP) is 5.12. The first-order valence-electron chi connectivity index (χ1n) is 7.46. The Morgan fingerprint density at radius 1 is 1.04 bits per heavy atom. The zero-order valence-electron chi connectivity index (χ0n) is 12.6. The van der Waals surface area contributed by atoms with Crippen LogP contribution in [0.4, 0.5) is 20.2 Å². The summed E-state index contributed by atoms with van der Waals surface area (Å²) in [4.78, 5) is 14.6. The number of nitrogens with one attached hydrogen (secondary N) is 1. The van der Waals surface area contributed by atoms with Gasteiger partial charge in [0, 0.05) is 18.1 Å². The molecule has 0 bridgehead atoms. The Morgan fingerprint density at radius 2 is 1.71 bits per heavy atom. The summed E-state index contributed by atoms with van der Waals surface area (Å²) in [6, 6.07) is 6.77. The topological polar surface area (TPSA) is 32.3 Å². The van der Waals surface area contributed by atoms with Gasteiger partial charge in [0.25, 0.3) is 5.91 Å². The van der Waals surface area contributed by atoms with Crippen LogP contribution in [0.25, 0.3) is 0 Å². The maximum absolute atomic E-state index is 13.4. The van der Waals surface area contributed by atoms with E-state index in [0.717, 1.165) is 43.8 Å². The van der Waals surface area contributed by atoms with Gasteiger partial charge in [-0.3, -0.25) is 4.79 Å². The van der Waals surface area contributed by atoms with E-state index >= 15 is 0 Å². The summed E-state index contributed by atoms with van der Waals surface area (Å²) in [5, 5.41) is 3.00. The fraction of sp³-hybridized carbons (Fsp3) is 0.235. The van der Waals surface area contributed by atoms with Crippen LogP contribution in [0, 0.1) is 11.6 Å². The highest BCUT2D eigenvalue weighted by Crippen LogP contribution is 2.32. The third-order valence-corrected chi connectivity index (χ3v) is 4.46. The van der Waals surface area contributed by atoms with Crippen LogP contribution in [0.1, 0.15) is 23.2 Å². The third kappa shape index (κ3) is 3.47. The van der Waals surface area contributed by atoms with E-state index in [2.05, 4.69) is 10.2 Å². The molecule has 1 saturated heterocycles. The molecule has 0 aliphatic carbocycles. The number of nitrogens with zero attached hydrogens (tertiary/aromatic N) is 1. The zero-order chi connectivity index (χ0) is 17.3. The highest BCUT2D eigenvalue weighted by atomic mass is 35.5. The minimum absolute atomic E-state index is 0.136. The number of carbonyl (C=O) groups is 1. The molecule has 0 radical (unpaired) electrons. The molecule has 0 unspecified atom stereocenters. The third-order valence-electron chi connectivity index (χ3n) is 3.91. The molecule has 0 aromatic heterocycles. The molecule has 24 heavy (non-hydrogen) atoms. The first-order chi connectivity index (χ1) is 11.5. The molecule has 1 aliphatic heterocycles. The molecule has 1 aliphatic rings. The van der Waals surface area contributed by atoms with E-state index in [4.69, 9.17) is 23.2 Å². The molecule has 2 aromatic rings. The first-order valence-corrected chi connectivity index (χ1v) is 8.21. The summed E-state index contributed by atoms with van der Waals surface area (Å²) >= 11 is 11.9. The Kier molecular flexibility index (Phi) is 4.92. The van der Waals surface area contributed by atoms with E-state index < -0.39 is 17.5 Å². The van der Waals surface area contributed by atoms with Crippen molar-refractivity contribution in [1.82, 2.24) is 0 Å². The normalized spacial score (nSPS) is 14.1. The lowest BCUT2D eigenvalue weighted by molar-refractivity contribution is 0.102. The lowest BCUT2D eigenvalue weighted by Gasteiger charge is -2.22. The fourth-order valence-electron chi connectivity index (χ4n) is 2.73. The van der Waals surface area contributed by atoms with Gasteiger partial charge >= 0.3 is 0 Å². The first kappa shape index (κ1) is 17.0. The molecule has 0 spiro atoms. The summed E-state index contributed by atoms with van der Waals surface area (Å²) in [5.74, 6) is -2.85. The van der Waals surface area contributed by atoms with Crippen molar-refractivity contribution in [1.29, 1.82) is 0 Å². The second-order valence-electron chi connectivity index (χ2n) is 5.56. The summed E-state index contributed by atoms with van der Waals surface area (Å²) in [6.07, 6.45) is 2.15. The van der Waals surface area contributed by atoms with Crippen LogP contribution in [0.2, 0.25) is 10.0 Å². The van der Waals surface area contributed by atoms with Crippen molar-refractivity contribution in [3.8, 4) is 0 Å². The minimum Gasteiger partial charge on any atom is -0.370 e. The van der Waals surface area contributed by atoms with Gasteiger partial charge in [-0.1, -0.05) is 23.2 Å². The van der Waals surface area contributed by atoms with Crippen molar-refractivity contribution in [2.45, 2.75) is 12.8 Å². The maximum Gasteiger partial charge on any atom is 0.257 e. The Balaban J connectivity index is 1.92. The van der Waals surface area contributed by atoms with Crippen LogP contribution in [0.3, 0.4) is 0 Å². The number of halogens is 4. The molecule has 2 aromatic carbocycles. The van der Waals surface area contributed by atoms with Gasteiger partial charge < -0.3 is 10.2 Å². The molecular formula is C17H14Cl2F2N2O. The molecule has 1 fully saturated rings. The van der Waals surface area contributed by atoms with Crippen LogP contribution < -0.4 is 10.2 Å². The van der Waals surface area contributed by atoms with Gasteiger partial charge in [-0.15, -0.1) is 0 Å². The van der Waals surface area contributed by atoms with Gasteiger partial charge in [-0.25, -0.2) is 8.78 Å². The molecule has 1 amide bonds. The minimum atomic E-state index is -1.13. The number of benzene rings is 2. The lowest BCUT2D eigenvalue weighted by atomic mass is 10.1. The van der Waals surface area contributed by atoms with Gasteiger partial charge in [-0.2, -0.15) is 0 Å². The van der Waals surface area contributed by atoms with Crippen molar-refractivity contribution in [2.75, 3.05) is 23.3 Å². The SMILES string of the molecule is O=C(Nc1cc(Cl)ccc1N1CCCC1)c1cc(F)c(F)cc1Cl. The Labute approximate surface area is 148 Å². The summed E-state index contributed by atoms with van der Waals surface area (Å²) in [7, 11) is 0. The van der Waals surface area contributed by atoms with Crippen molar-refractivity contribution >= 4 is 40.5 Å². The highest BCUT2D eigenvalue weighted by molar-refractivity contribution is 6.34. The lowest BCUT2D eigenvalue weighted by Crippen LogP contribution is -2.21. The fourth-order valence-corrected chi connectivity index (χ4v) is 3.14. The van der Waals surface area contributed by atoms with Crippen LogP contribution in [0.15, 0.2) is 30.3 Å². The van der Waals surface area contributed by atoms with Crippen LogP contribution in [-0.4, -0.2) is 19.0 Å². The number of rotatable bonds is 3. The molecule has 3 rings (SSSR count). The van der Waals surface area contributed by atoms with E-state index in [1.807, 2.05) is 6.07 Å². The number of amides is 1. The smallest absolute Gasteiger partial charge is 0.257 e. The molecular weight excluding hydrogens is 357 g/mol. The van der Waals surface area contributed by atoms with Gasteiger partial charge in [0.15, 0.2) is 11.6 Å². The van der Waals surface area contributed by atoms with Crippen LogP contribution in [0.5, 0.6) is 0 Å². The Bertz CT molecular complexity index is 792. The van der Waals surface area contributed by atoms with E-state index in [1.165, 1.54) is 0 Å². The molecule has 0 atom stereocenters. The molecule has 3 nitrogen and oxygen atoms in total. The monoisotopic (exact) mass is 370 g/mol. The van der Waals surface area contributed by atoms with Crippen molar-refractivity contribution in [2.24, 2.45) is 0 Å². The van der Waals surface area contributed by atoms with E-state index in [1.54, 1.807) is 12.1 Å². The second kappa shape index (κ2) is 6.95. The molecule has 126 valence electrons. The van der Waals surface area contributed by atoms with E-state index in [-0.39, 0.29) is 10.6 Å². The average Bonchev–Trinajstić information content (AvgIpc) is 3.05. The number of hydrogen-bond acceptors (Lipinski definition) is 2. The van der Waals surface area contributed by atoms with Gasteiger partial charge in [0.2, 0.25) is 0 Å². The summed E-state index contributed by atoms with van der Waals surface area (Å²) in [5.41, 5.74) is 1.21. The van der Waals surface area contributed by atoms with Gasteiger partial charge in [-0.05, 0) is 43.2 Å². The number of carbonyl (C=O) groups excluding carboxylic acids is 1. The average molecular weight is 371 g/mol. The summed E-state index contributed by atoms with van der Waals surface area (Å²) in [6.45, 7) is 1.77. The maximum atomic E-state index is 13.4. The second-order valence-corrected chi connectivity index (χ2v) is 6.40. The Hall–Kier alpha value is -1.85. The number of anilines is 2. The molecule has 1 N–H and O–H groups in total. The van der Waals surface area contributed by atoms with Crippen molar-refractivity contribution < 1.29 is 13.6 Å². The van der Waals surface area contributed by atoms with Crippen LogP contribution >= 0.6 is 23.2 Å². The standard InChI is InChI=1S/C17H14Cl2F2N2O/c18-10-3-4-16(23-5-1-2-6-23)15(7-10)22-17(24)11-8-13(20)14(21)9-12(11)19/h3-4,7-9H,1-2,5-6H2,(H,22,24). The van der Waals surface area contributed by atoms with Gasteiger partial charge in [0.05, 0.1) is 22.0 Å².